The van der Waals surface area contributed by atoms with Gasteiger partial charge in [-0.3, -0.25) is 4.79 Å². The number of carbonyl (C=O) groups is 1. The fourth-order valence-electron chi connectivity index (χ4n) is 2.89. The number of halogens is 5. The van der Waals surface area contributed by atoms with Crippen LogP contribution in [-0.2, 0) is 7.05 Å². The molecule has 1 saturated carbocycles. The summed E-state index contributed by atoms with van der Waals surface area (Å²) in [6.45, 7) is 3.30. The van der Waals surface area contributed by atoms with Gasteiger partial charge in [-0.1, -0.05) is 12.6 Å². The number of rotatable bonds is 6. The van der Waals surface area contributed by atoms with Crippen molar-refractivity contribution < 1.29 is 26.7 Å². The van der Waals surface area contributed by atoms with Gasteiger partial charge in [0.15, 0.2) is 0 Å². The zero-order valence-electron chi connectivity index (χ0n) is 14.4. The summed E-state index contributed by atoms with van der Waals surface area (Å²) in [6.07, 6.45) is -2.00. The van der Waals surface area contributed by atoms with Crippen LogP contribution in [0.4, 0.5) is 22.0 Å². The molecule has 144 valence electrons. The Kier molecular flexibility index (Phi) is 5.03. The summed E-state index contributed by atoms with van der Waals surface area (Å²) in [5.41, 5.74) is -2.24. The maximum absolute atomic E-state index is 14.2. The Morgan fingerprint density at radius 2 is 1.85 bits per heavy atom. The normalized spacial score (nSPS) is 13.9. The summed E-state index contributed by atoms with van der Waals surface area (Å²) in [6, 6.07) is 2.94. The van der Waals surface area contributed by atoms with Crippen LogP contribution in [0.3, 0.4) is 0 Å². The Morgan fingerprint density at radius 3 is 2.37 bits per heavy atom. The van der Waals surface area contributed by atoms with Crippen molar-refractivity contribution in [1.29, 1.82) is 0 Å². The molecule has 4 nitrogen and oxygen atoms in total. The number of aromatic nitrogens is 2. The van der Waals surface area contributed by atoms with E-state index in [0.717, 1.165) is 24.1 Å². The van der Waals surface area contributed by atoms with Crippen LogP contribution in [-0.4, -0.2) is 33.2 Å². The van der Waals surface area contributed by atoms with Crippen molar-refractivity contribution in [2.75, 3.05) is 6.54 Å². The molecule has 9 heteroatoms. The second-order valence-corrected chi connectivity index (χ2v) is 6.34. The maximum atomic E-state index is 14.2. The van der Waals surface area contributed by atoms with E-state index in [4.69, 9.17) is 0 Å². The monoisotopic (exact) mass is 385 g/mol. The lowest BCUT2D eigenvalue weighted by atomic mass is 10.0. The van der Waals surface area contributed by atoms with Gasteiger partial charge in [0.05, 0.1) is 5.56 Å². The van der Waals surface area contributed by atoms with Crippen LogP contribution in [0.5, 0.6) is 0 Å². The smallest absolute Gasteiger partial charge is 0.283 e. The Morgan fingerprint density at radius 1 is 1.26 bits per heavy atom. The van der Waals surface area contributed by atoms with Gasteiger partial charge in [-0.05, 0) is 30.5 Å². The fraction of sp³-hybridized carbons (Fsp3) is 0.333. The first kappa shape index (κ1) is 19.1. The minimum atomic E-state index is -3.15. The predicted molar refractivity (Wildman–Crippen MR) is 87.6 cm³/mol. The average Bonchev–Trinajstić information content (AvgIpc) is 3.38. The average molecular weight is 385 g/mol. The number of alkyl halides is 2. The van der Waals surface area contributed by atoms with E-state index >= 15 is 0 Å². The Balaban J connectivity index is 1.94. The summed E-state index contributed by atoms with van der Waals surface area (Å²) in [4.78, 5) is 13.9. The van der Waals surface area contributed by atoms with Crippen molar-refractivity contribution in [3.63, 3.8) is 0 Å². The van der Waals surface area contributed by atoms with Gasteiger partial charge in [-0.2, -0.15) is 9.49 Å². The van der Waals surface area contributed by atoms with Crippen LogP contribution in [0.1, 0.15) is 40.9 Å². The van der Waals surface area contributed by atoms with Crippen molar-refractivity contribution in [3.05, 3.63) is 59.2 Å². The second kappa shape index (κ2) is 7.13. The lowest BCUT2D eigenvalue weighted by Gasteiger charge is -2.24. The van der Waals surface area contributed by atoms with E-state index in [-0.39, 0.29) is 18.2 Å². The zero-order chi connectivity index (χ0) is 19.9. The molecule has 1 aliphatic rings. The van der Waals surface area contributed by atoms with Gasteiger partial charge < -0.3 is 4.90 Å². The number of benzene rings is 1. The number of hydrogen-bond donors (Lipinski definition) is 0. The van der Waals surface area contributed by atoms with Gasteiger partial charge in [0.1, 0.15) is 22.9 Å². The Hall–Kier alpha value is -2.71. The molecule has 0 unspecified atom stereocenters. The SMILES string of the molecule is C=C(CN(C(=O)c1c(C(F)F)nn(C)c1F)C1CC1)c1c(F)cccc1F. The summed E-state index contributed by atoms with van der Waals surface area (Å²) in [7, 11) is 1.10. The molecule has 0 radical (unpaired) electrons. The van der Waals surface area contributed by atoms with Crippen LogP contribution in [0.2, 0.25) is 0 Å². The lowest BCUT2D eigenvalue weighted by molar-refractivity contribution is 0.0747. The van der Waals surface area contributed by atoms with Gasteiger partial charge in [0.25, 0.3) is 12.3 Å². The summed E-state index contributed by atoms with van der Waals surface area (Å²) in [5.74, 6) is -3.91. The van der Waals surface area contributed by atoms with E-state index < -0.39 is 46.7 Å². The van der Waals surface area contributed by atoms with E-state index in [0.29, 0.717) is 17.5 Å². The third-order valence-corrected chi connectivity index (χ3v) is 4.35. The zero-order valence-corrected chi connectivity index (χ0v) is 14.4. The van der Waals surface area contributed by atoms with Gasteiger partial charge >= 0.3 is 0 Å². The van der Waals surface area contributed by atoms with Gasteiger partial charge in [0, 0.05) is 19.6 Å². The molecule has 0 atom stereocenters. The minimum Gasteiger partial charge on any atom is -0.331 e. The second-order valence-electron chi connectivity index (χ2n) is 6.34. The molecule has 1 aromatic heterocycles. The number of aryl methyl sites for hydroxylation is 1. The van der Waals surface area contributed by atoms with Crippen molar-refractivity contribution >= 4 is 11.5 Å². The van der Waals surface area contributed by atoms with Gasteiger partial charge in [0.2, 0.25) is 5.95 Å². The van der Waals surface area contributed by atoms with E-state index in [1.807, 2.05) is 0 Å². The minimum absolute atomic E-state index is 0.0475. The molecule has 0 bridgehead atoms. The van der Waals surface area contributed by atoms with Gasteiger partial charge in [-0.15, -0.1) is 0 Å². The van der Waals surface area contributed by atoms with E-state index in [1.165, 1.54) is 6.07 Å². The highest BCUT2D eigenvalue weighted by molar-refractivity contribution is 5.96. The van der Waals surface area contributed by atoms with Crippen molar-refractivity contribution in [3.8, 4) is 0 Å². The molecule has 2 aromatic rings. The number of carbonyl (C=O) groups excluding carboxylic acids is 1. The Bertz CT molecular complexity index is 884. The third kappa shape index (κ3) is 3.58. The topological polar surface area (TPSA) is 38.1 Å². The first-order valence-corrected chi connectivity index (χ1v) is 8.16. The van der Waals surface area contributed by atoms with Crippen molar-refractivity contribution in [2.24, 2.45) is 7.05 Å². The highest BCUT2D eigenvalue weighted by Crippen LogP contribution is 2.33. The van der Waals surface area contributed by atoms with Crippen LogP contribution < -0.4 is 0 Å². The number of hydrogen-bond acceptors (Lipinski definition) is 2. The maximum Gasteiger partial charge on any atom is 0.283 e. The molecule has 1 fully saturated rings. The summed E-state index contributed by atoms with van der Waals surface area (Å²) in [5, 5.41) is 3.36. The van der Waals surface area contributed by atoms with Crippen molar-refractivity contribution in [1.82, 2.24) is 14.7 Å². The molecule has 3 rings (SSSR count). The number of amides is 1. The van der Waals surface area contributed by atoms with E-state index in [2.05, 4.69) is 11.7 Å². The standard InChI is InChI=1S/C18H16F5N3O/c1-9(13-11(19)4-3-5-12(13)20)8-26(10-6-7-10)18(27)14-15(16(21)22)24-25(2)17(14)23/h3-5,10,16H,1,6-8H2,2H3. The Labute approximate surface area is 151 Å². The first-order chi connectivity index (χ1) is 12.7. The van der Waals surface area contributed by atoms with Crippen molar-refractivity contribution in [2.45, 2.75) is 25.3 Å². The molecule has 1 amide bonds. The highest BCUT2D eigenvalue weighted by Gasteiger charge is 2.38. The molecular weight excluding hydrogens is 369 g/mol. The third-order valence-electron chi connectivity index (χ3n) is 4.35. The van der Waals surface area contributed by atoms with Crippen LogP contribution in [0.25, 0.3) is 5.57 Å². The van der Waals surface area contributed by atoms with Crippen LogP contribution in [0, 0.1) is 17.6 Å². The van der Waals surface area contributed by atoms with Crippen LogP contribution in [0.15, 0.2) is 24.8 Å². The first-order valence-electron chi connectivity index (χ1n) is 8.16. The largest absolute Gasteiger partial charge is 0.331 e. The highest BCUT2D eigenvalue weighted by atomic mass is 19.3. The molecule has 0 spiro atoms. The summed E-state index contributed by atoms with van der Waals surface area (Å²) >= 11 is 0. The molecule has 0 saturated heterocycles. The van der Waals surface area contributed by atoms with Gasteiger partial charge in [-0.25, -0.2) is 22.2 Å². The fourth-order valence-corrected chi connectivity index (χ4v) is 2.89. The molecule has 1 aliphatic carbocycles. The molecule has 0 N–H and O–H groups in total. The molecule has 0 aliphatic heterocycles. The van der Waals surface area contributed by atoms with E-state index in [1.54, 1.807) is 0 Å². The lowest BCUT2D eigenvalue weighted by Crippen LogP contribution is -2.35. The number of nitrogens with zero attached hydrogens (tertiary/aromatic N) is 3. The predicted octanol–water partition coefficient (Wildman–Crippen LogP) is 4.09. The molecule has 27 heavy (non-hydrogen) atoms. The molecule has 1 heterocycles. The van der Waals surface area contributed by atoms with E-state index in [9.17, 15) is 26.7 Å². The summed E-state index contributed by atoms with van der Waals surface area (Å²) < 4.78 is 69.0. The molecule has 1 aromatic carbocycles. The molecular formula is C18H16F5N3O. The quantitative estimate of drug-likeness (QED) is 0.703. The van der Waals surface area contributed by atoms with Crippen LogP contribution >= 0.6 is 0 Å².